The maximum absolute atomic E-state index is 12.1. The zero-order valence-corrected chi connectivity index (χ0v) is 14.5. The Morgan fingerprint density at radius 3 is 2.83 bits per heavy atom. The molecule has 24 heavy (non-hydrogen) atoms. The predicted molar refractivity (Wildman–Crippen MR) is 88.7 cm³/mol. The summed E-state index contributed by atoms with van der Waals surface area (Å²) >= 11 is 1.30. The number of aromatic nitrogens is 4. The fraction of sp³-hybridized carbons (Fsp3) is 0.467. The van der Waals surface area contributed by atoms with Crippen molar-refractivity contribution in [1.82, 2.24) is 25.5 Å². The van der Waals surface area contributed by atoms with E-state index in [1.807, 2.05) is 6.92 Å². The van der Waals surface area contributed by atoms with Gasteiger partial charge in [0.2, 0.25) is 11.1 Å². The third-order valence-corrected chi connectivity index (χ3v) is 4.66. The fourth-order valence-corrected chi connectivity index (χ4v) is 2.93. The van der Waals surface area contributed by atoms with Gasteiger partial charge in [0.15, 0.2) is 0 Å². The highest BCUT2D eigenvalue weighted by atomic mass is 32.2. The normalized spacial score (nSPS) is 15.0. The lowest BCUT2D eigenvalue weighted by Gasteiger charge is -2.13. The smallest absolute Gasteiger partial charge is 0.233 e. The second-order valence-electron chi connectivity index (χ2n) is 5.45. The van der Waals surface area contributed by atoms with Gasteiger partial charge in [-0.3, -0.25) is 4.79 Å². The molecule has 2 aromatic rings. The third-order valence-electron chi connectivity index (χ3n) is 3.63. The van der Waals surface area contributed by atoms with Gasteiger partial charge in [0, 0.05) is 12.1 Å². The van der Waals surface area contributed by atoms with Crippen LogP contribution in [0.1, 0.15) is 19.8 Å². The number of rotatable bonds is 7. The summed E-state index contributed by atoms with van der Waals surface area (Å²) in [6.07, 6.45) is 2.11. The topological polar surface area (TPSA) is 91.2 Å². The quantitative estimate of drug-likeness (QED) is 0.756. The Labute approximate surface area is 143 Å². The summed E-state index contributed by atoms with van der Waals surface area (Å²) in [5.74, 6) is 1.27. The lowest BCUT2D eigenvalue weighted by molar-refractivity contribution is -0.120. The van der Waals surface area contributed by atoms with Gasteiger partial charge in [0.1, 0.15) is 17.2 Å². The van der Waals surface area contributed by atoms with Gasteiger partial charge in [-0.15, -0.1) is 5.10 Å². The zero-order valence-electron chi connectivity index (χ0n) is 13.7. The van der Waals surface area contributed by atoms with Crippen molar-refractivity contribution in [2.75, 3.05) is 14.2 Å². The number of benzene rings is 1. The van der Waals surface area contributed by atoms with Crippen LogP contribution in [0.4, 0.5) is 0 Å². The van der Waals surface area contributed by atoms with E-state index in [0.717, 1.165) is 12.8 Å². The summed E-state index contributed by atoms with van der Waals surface area (Å²) in [4.78, 5) is 12.1. The van der Waals surface area contributed by atoms with Crippen LogP contribution < -0.4 is 14.8 Å². The third kappa shape index (κ3) is 3.61. The molecular formula is C15H19N5O3S. The van der Waals surface area contributed by atoms with Crippen LogP contribution in [0.5, 0.6) is 11.5 Å². The van der Waals surface area contributed by atoms with Crippen molar-refractivity contribution in [1.29, 1.82) is 0 Å². The molecule has 1 aliphatic rings. The van der Waals surface area contributed by atoms with Crippen LogP contribution in [0.3, 0.4) is 0 Å². The van der Waals surface area contributed by atoms with Crippen LogP contribution in [0.25, 0.3) is 5.69 Å². The highest BCUT2D eigenvalue weighted by molar-refractivity contribution is 8.00. The molecule has 1 fully saturated rings. The van der Waals surface area contributed by atoms with Crippen molar-refractivity contribution in [2.45, 2.75) is 36.2 Å². The van der Waals surface area contributed by atoms with Crippen LogP contribution in [0.15, 0.2) is 23.4 Å². The average molecular weight is 349 g/mol. The monoisotopic (exact) mass is 349 g/mol. The van der Waals surface area contributed by atoms with Gasteiger partial charge in [0.05, 0.1) is 19.5 Å². The molecule has 0 spiro atoms. The number of tetrazole rings is 1. The van der Waals surface area contributed by atoms with Gasteiger partial charge >= 0.3 is 0 Å². The Bertz CT molecular complexity index is 732. The first-order valence-corrected chi connectivity index (χ1v) is 8.48. The second kappa shape index (κ2) is 7.08. The molecule has 0 unspecified atom stereocenters. The van der Waals surface area contributed by atoms with Crippen molar-refractivity contribution in [2.24, 2.45) is 0 Å². The Morgan fingerprint density at radius 2 is 2.17 bits per heavy atom. The molecule has 0 bridgehead atoms. The van der Waals surface area contributed by atoms with E-state index in [1.165, 1.54) is 11.8 Å². The lowest BCUT2D eigenvalue weighted by Crippen LogP contribution is -2.32. The van der Waals surface area contributed by atoms with Crippen molar-refractivity contribution < 1.29 is 14.3 Å². The molecule has 9 heteroatoms. The van der Waals surface area contributed by atoms with Gasteiger partial charge in [-0.2, -0.15) is 4.68 Å². The molecule has 0 aliphatic heterocycles. The molecular weight excluding hydrogens is 330 g/mol. The van der Waals surface area contributed by atoms with Crippen molar-refractivity contribution in [3.63, 3.8) is 0 Å². The van der Waals surface area contributed by atoms with Crippen LogP contribution >= 0.6 is 11.8 Å². The average Bonchev–Trinajstić information content (AvgIpc) is 3.29. The van der Waals surface area contributed by atoms with Gasteiger partial charge < -0.3 is 14.8 Å². The predicted octanol–water partition coefficient (Wildman–Crippen LogP) is 1.44. The largest absolute Gasteiger partial charge is 0.497 e. The molecule has 1 aliphatic carbocycles. The summed E-state index contributed by atoms with van der Waals surface area (Å²) in [5.41, 5.74) is 0.652. The molecule has 0 radical (unpaired) electrons. The fourth-order valence-electron chi connectivity index (χ4n) is 2.12. The summed E-state index contributed by atoms with van der Waals surface area (Å²) in [6, 6.07) is 5.70. The molecule has 0 saturated heterocycles. The van der Waals surface area contributed by atoms with Crippen LogP contribution in [-0.2, 0) is 4.79 Å². The summed E-state index contributed by atoms with van der Waals surface area (Å²) in [7, 11) is 3.17. The van der Waals surface area contributed by atoms with Gasteiger partial charge in [0.25, 0.3) is 0 Å². The van der Waals surface area contributed by atoms with Crippen molar-refractivity contribution in [3.05, 3.63) is 18.2 Å². The molecule has 1 aromatic carbocycles. The van der Waals surface area contributed by atoms with E-state index in [4.69, 9.17) is 9.47 Å². The maximum atomic E-state index is 12.1. The second-order valence-corrected chi connectivity index (χ2v) is 6.76. The number of carbonyl (C=O) groups excluding carboxylic acids is 1. The minimum absolute atomic E-state index is 0.00495. The van der Waals surface area contributed by atoms with Gasteiger partial charge in [-0.05, 0) is 42.3 Å². The molecule has 1 amide bonds. The number of nitrogens with one attached hydrogen (secondary N) is 1. The first-order valence-electron chi connectivity index (χ1n) is 7.60. The summed E-state index contributed by atoms with van der Waals surface area (Å²) in [6.45, 7) is 1.84. The van der Waals surface area contributed by atoms with Crippen molar-refractivity contribution in [3.8, 4) is 17.2 Å². The van der Waals surface area contributed by atoms with E-state index in [9.17, 15) is 4.79 Å². The van der Waals surface area contributed by atoms with Gasteiger partial charge in [-0.1, -0.05) is 11.8 Å². The highest BCUT2D eigenvalue weighted by Gasteiger charge is 2.27. The molecule has 3 rings (SSSR count). The van der Waals surface area contributed by atoms with Crippen molar-refractivity contribution >= 4 is 17.7 Å². The number of thioether (sulfide) groups is 1. The number of ether oxygens (including phenoxy) is 2. The molecule has 1 N–H and O–H groups in total. The van der Waals surface area contributed by atoms with Crippen LogP contribution in [0, 0.1) is 0 Å². The number of amides is 1. The number of hydrogen-bond donors (Lipinski definition) is 1. The number of methoxy groups -OCH3 is 2. The molecule has 8 nitrogen and oxygen atoms in total. The molecule has 128 valence electrons. The van der Waals surface area contributed by atoms with E-state index in [-0.39, 0.29) is 11.2 Å². The Balaban J connectivity index is 1.83. The SMILES string of the molecule is COc1ccc(OC)c(-n2nnnc2S[C@H](C)C(=O)NC2CC2)c1. The first-order chi connectivity index (χ1) is 11.6. The van der Waals surface area contributed by atoms with E-state index >= 15 is 0 Å². The molecule has 1 atom stereocenters. The van der Waals surface area contributed by atoms with Crippen LogP contribution in [-0.4, -0.2) is 51.6 Å². The Morgan fingerprint density at radius 1 is 1.38 bits per heavy atom. The number of nitrogens with zero attached hydrogens (tertiary/aromatic N) is 4. The zero-order chi connectivity index (χ0) is 17.1. The van der Waals surface area contributed by atoms with Gasteiger partial charge in [-0.25, -0.2) is 0 Å². The number of hydrogen-bond acceptors (Lipinski definition) is 7. The Kier molecular flexibility index (Phi) is 4.89. The summed E-state index contributed by atoms with van der Waals surface area (Å²) in [5, 5.41) is 15.0. The maximum Gasteiger partial charge on any atom is 0.233 e. The van der Waals surface area contributed by atoms with Crippen LogP contribution in [0.2, 0.25) is 0 Å². The summed E-state index contributed by atoms with van der Waals surface area (Å²) < 4.78 is 12.2. The molecule has 1 aromatic heterocycles. The highest BCUT2D eigenvalue weighted by Crippen LogP contribution is 2.31. The standard InChI is InChI=1S/C15H19N5O3S/c1-9(14(21)16-10-4-5-10)24-15-17-18-19-20(15)12-8-11(22-2)6-7-13(12)23-3/h6-10H,4-5H2,1-3H3,(H,16,21)/t9-/m1/s1. The minimum Gasteiger partial charge on any atom is -0.497 e. The lowest BCUT2D eigenvalue weighted by atomic mass is 10.3. The molecule has 1 saturated carbocycles. The minimum atomic E-state index is -0.299. The Hall–Kier alpha value is -2.29. The van der Waals surface area contributed by atoms with E-state index in [0.29, 0.717) is 28.4 Å². The molecule has 1 heterocycles. The van der Waals surface area contributed by atoms with E-state index in [2.05, 4.69) is 20.8 Å². The van der Waals surface area contributed by atoms with E-state index < -0.39 is 0 Å². The first kappa shape index (κ1) is 16.6. The van der Waals surface area contributed by atoms with E-state index in [1.54, 1.807) is 37.1 Å². The number of carbonyl (C=O) groups is 1.